The molecule has 21 heavy (non-hydrogen) atoms. The van der Waals surface area contributed by atoms with Crippen molar-refractivity contribution in [1.29, 1.82) is 0 Å². The summed E-state index contributed by atoms with van der Waals surface area (Å²) in [6.07, 6.45) is 4.46. The topological polar surface area (TPSA) is 40.5 Å². The molecule has 2 fully saturated rings. The van der Waals surface area contributed by atoms with Crippen molar-refractivity contribution in [1.82, 2.24) is 4.90 Å². The van der Waals surface area contributed by atoms with E-state index in [1.165, 1.54) is 6.07 Å². The second-order valence-electron chi connectivity index (χ2n) is 6.23. The summed E-state index contributed by atoms with van der Waals surface area (Å²) in [5.74, 6) is -0.603. The Morgan fingerprint density at radius 3 is 2.62 bits per heavy atom. The first kappa shape index (κ1) is 15.0. The van der Waals surface area contributed by atoms with E-state index in [1.54, 1.807) is 12.1 Å². The second-order valence-corrected chi connectivity index (χ2v) is 7.08. The zero-order valence-corrected chi connectivity index (χ0v) is 13.4. The van der Waals surface area contributed by atoms with E-state index in [-0.39, 0.29) is 12.2 Å². The molecule has 3 nitrogen and oxygen atoms in total. The van der Waals surface area contributed by atoms with E-state index in [4.69, 9.17) is 5.11 Å². The molecule has 114 valence electrons. The number of rotatable bonds is 4. The van der Waals surface area contributed by atoms with Gasteiger partial charge in [-0.2, -0.15) is 0 Å². The molecule has 0 spiro atoms. The molecule has 1 N–H and O–H groups in total. The molecular weight excluding hydrogens is 337 g/mol. The van der Waals surface area contributed by atoms with Gasteiger partial charge in [0.25, 0.3) is 0 Å². The number of aliphatic carboxylic acids is 1. The molecule has 2 saturated heterocycles. The van der Waals surface area contributed by atoms with Crippen molar-refractivity contribution < 1.29 is 14.3 Å². The molecule has 1 aromatic carbocycles. The van der Waals surface area contributed by atoms with Gasteiger partial charge in [0.05, 0.1) is 0 Å². The van der Waals surface area contributed by atoms with Gasteiger partial charge >= 0.3 is 5.97 Å². The highest BCUT2D eigenvalue weighted by Gasteiger charge is 2.41. The van der Waals surface area contributed by atoms with E-state index in [9.17, 15) is 9.18 Å². The largest absolute Gasteiger partial charge is 0.481 e. The summed E-state index contributed by atoms with van der Waals surface area (Å²) >= 11 is 3.49. The third kappa shape index (κ3) is 3.29. The zero-order chi connectivity index (χ0) is 15.0. The van der Waals surface area contributed by atoms with Crippen LogP contribution < -0.4 is 0 Å². The molecule has 0 saturated carbocycles. The van der Waals surface area contributed by atoms with Gasteiger partial charge in [-0.15, -0.1) is 0 Å². The van der Waals surface area contributed by atoms with Crippen LogP contribution >= 0.6 is 15.9 Å². The van der Waals surface area contributed by atoms with Gasteiger partial charge in [0.15, 0.2) is 0 Å². The predicted octanol–water partition coefficient (Wildman–Crippen LogP) is 3.81. The molecule has 1 aromatic rings. The highest BCUT2D eigenvalue weighted by Crippen LogP contribution is 2.41. The van der Waals surface area contributed by atoms with E-state index < -0.39 is 5.97 Å². The van der Waals surface area contributed by atoms with E-state index in [0.29, 0.717) is 18.0 Å². The van der Waals surface area contributed by atoms with Crippen LogP contribution in [-0.4, -0.2) is 28.1 Å². The lowest BCUT2D eigenvalue weighted by molar-refractivity contribution is -0.138. The normalized spacial score (nSPS) is 28.8. The highest BCUT2D eigenvalue weighted by molar-refractivity contribution is 9.10. The van der Waals surface area contributed by atoms with E-state index in [1.807, 2.05) is 0 Å². The average molecular weight is 356 g/mol. The Labute approximate surface area is 132 Å². The maximum Gasteiger partial charge on any atom is 0.303 e. The third-order valence-corrected chi connectivity index (χ3v) is 5.58. The molecular formula is C16H19BrFNO2. The predicted molar refractivity (Wildman–Crippen MR) is 81.4 cm³/mol. The number of benzene rings is 1. The molecule has 0 amide bonds. The quantitative estimate of drug-likeness (QED) is 0.892. The molecule has 2 unspecified atom stereocenters. The molecule has 0 radical (unpaired) electrons. The van der Waals surface area contributed by atoms with Crippen molar-refractivity contribution >= 4 is 21.9 Å². The van der Waals surface area contributed by atoms with Crippen molar-refractivity contribution in [2.45, 2.75) is 50.7 Å². The summed E-state index contributed by atoms with van der Waals surface area (Å²) in [7, 11) is 0. The van der Waals surface area contributed by atoms with Gasteiger partial charge in [-0.25, -0.2) is 4.39 Å². The molecule has 2 bridgehead atoms. The fraction of sp³-hybridized carbons (Fsp3) is 0.562. The Morgan fingerprint density at radius 1 is 1.33 bits per heavy atom. The maximum atomic E-state index is 13.4. The molecule has 0 aromatic heterocycles. The fourth-order valence-corrected chi connectivity index (χ4v) is 4.29. The summed E-state index contributed by atoms with van der Waals surface area (Å²) in [4.78, 5) is 13.3. The van der Waals surface area contributed by atoms with Gasteiger partial charge in [-0.05, 0) is 55.4 Å². The van der Waals surface area contributed by atoms with Crippen molar-refractivity contribution in [2.24, 2.45) is 5.92 Å². The van der Waals surface area contributed by atoms with Crippen LogP contribution in [0, 0.1) is 11.7 Å². The fourth-order valence-electron chi connectivity index (χ4n) is 3.92. The number of piperidine rings is 1. The number of carboxylic acids is 1. The van der Waals surface area contributed by atoms with Crippen LogP contribution in [0.3, 0.4) is 0 Å². The summed E-state index contributed by atoms with van der Waals surface area (Å²) in [6, 6.07) is 5.70. The first-order chi connectivity index (χ1) is 10.0. The van der Waals surface area contributed by atoms with Crippen molar-refractivity contribution in [3.8, 4) is 0 Å². The van der Waals surface area contributed by atoms with Crippen LogP contribution in [0.15, 0.2) is 22.7 Å². The first-order valence-electron chi connectivity index (χ1n) is 7.44. The number of nitrogens with zero attached hydrogens (tertiary/aromatic N) is 1. The molecule has 2 heterocycles. The smallest absolute Gasteiger partial charge is 0.303 e. The second kappa shape index (κ2) is 6.05. The molecule has 2 atom stereocenters. The molecule has 0 aliphatic carbocycles. The Balaban J connectivity index is 1.71. The number of carbonyl (C=O) groups is 1. The average Bonchev–Trinajstić information content (AvgIpc) is 2.65. The van der Waals surface area contributed by atoms with Gasteiger partial charge in [-0.1, -0.05) is 15.9 Å². The van der Waals surface area contributed by atoms with Crippen LogP contribution in [0.1, 0.15) is 37.7 Å². The third-order valence-electron chi connectivity index (χ3n) is 4.81. The Morgan fingerprint density at radius 2 is 2.00 bits per heavy atom. The zero-order valence-electron chi connectivity index (χ0n) is 11.8. The molecule has 2 aliphatic heterocycles. The first-order valence-corrected chi connectivity index (χ1v) is 8.23. The van der Waals surface area contributed by atoms with E-state index in [0.717, 1.165) is 42.3 Å². The van der Waals surface area contributed by atoms with Gasteiger partial charge in [-0.3, -0.25) is 9.69 Å². The monoisotopic (exact) mass is 355 g/mol. The summed E-state index contributed by atoms with van der Waals surface area (Å²) in [5, 5.41) is 8.97. The summed E-state index contributed by atoms with van der Waals surface area (Å²) < 4.78 is 14.4. The van der Waals surface area contributed by atoms with Crippen molar-refractivity contribution in [3.63, 3.8) is 0 Å². The summed E-state index contributed by atoms with van der Waals surface area (Å²) in [6.45, 7) is 0.744. The van der Waals surface area contributed by atoms with E-state index in [2.05, 4.69) is 20.8 Å². The van der Waals surface area contributed by atoms with E-state index >= 15 is 0 Å². The van der Waals surface area contributed by atoms with Gasteiger partial charge < -0.3 is 5.11 Å². The Kier molecular flexibility index (Phi) is 4.31. The SMILES string of the molecule is O=C(O)CC1CC2CCC(C1)N2Cc1cc(F)ccc1Br. The number of carboxylic acid groups (broad SMARTS) is 1. The van der Waals surface area contributed by atoms with Crippen molar-refractivity contribution in [3.05, 3.63) is 34.1 Å². The van der Waals surface area contributed by atoms with Crippen LogP contribution in [-0.2, 0) is 11.3 Å². The highest BCUT2D eigenvalue weighted by atomic mass is 79.9. The molecule has 3 rings (SSSR count). The maximum absolute atomic E-state index is 13.4. The van der Waals surface area contributed by atoms with Crippen molar-refractivity contribution in [2.75, 3.05) is 0 Å². The summed E-state index contributed by atoms with van der Waals surface area (Å²) in [5.41, 5.74) is 0.976. The molecule has 2 aliphatic rings. The lowest BCUT2D eigenvalue weighted by Gasteiger charge is -2.38. The lowest BCUT2D eigenvalue weighted by atomic mass is 9.88. The number of hydrogen-bond donors (Lipinski definition) is 1. The number of fused-ring (bicyclic) bond motifs is 2. The lowest BCUT2D eigenvalue weighted by Crippen LogP contribution is -2.42. The van der Waals surface area contributed by atoms with Gasteiger partial charge in [0.1, 0.15) is 5.82 Å². The van der Waals surface area contributed by atoms with Crippen LogP contribution in [0.5, 0.6) is 0 Å². The standard InChI is InChI=1S/C16H19BrFNO2/c17-15-4-1-12(18)8-11(15)9-19-13-2-3-14(19)6-10(5-13)7-16(20)21/h1,4,8,10,13-14H,2-3,5-7,9H2,(H,20,21). The van der Waals surface area contributed by atoms with Gasteiger partial charge in [0, 0.05) is 29.5 Å². The Hall–Kier alpha value is -0.940. The van der Waals surface area contributed by atoms with Crippen LogP contribution in [0.25, 0.3) is 0 Å². The minimum absolute atomic E-state index is 0.207. The Bertz CT molecular complexity index is 537. The minimum Gasteiger partial charge on any atom is -0.481 e. The number of halogens is 2. The minimum atomic E-state index is -0.694. The van der Waals surface area contributed by atoms with Crippen LogP contribution in [0.2, 0.25) is 0 Å². The van der Waals surface area contributed by atoms with Gasteiger partial charge in [0.2, 0.25) is 0 Å². The number of hydrogen-bond acceptors (Lipinski definition) is 2. The molecule has 5 heteroatoms. The van der Waals surface area contributed by atoms with Crippen LogP contribution in [0.4, 0.5) is 4.39 Å².